The smallest absolute Gasteiger partial charge is 0.217 e. The molecule has 0 unspecified atom stereocenters. The fourth-order valence-electron chi connectivity index (χ4n) is 0.817. The lowest BCUT2D eigenvalue weighted by molar-refractivity contribution is -0.117. The molecular weight excluding hydrogens is 188 g/mol. The lowest BCUT2D eigenvalue weighted by atomic mass is 10.1. The molecule has 0 fully saturated rings. The second kappa shape index (κ2) is 7.97. The number of hydrogen-bond donors (Lipinski definition) is 1. The summed E-state index contributed by atoms with van der Waals surface area (Å²) < 4.78 is 0. The number of nitrogens with zero attached hydrogens (tertiary/aromatic N) is 1. The summed E-state index contributed by atoms with van der Waals surface area (Å²) in [6, 6.07) is 3.76. The molecule has 0 saturated carbocycles. The van der Waals surface area contributed by atoms with Gasteiger partial charge in [-0.05, 0) is 30.0 Å². The summed E-state index contributed by atoms with van der Waals surface area (Å²) in [5.41, 5.74) is 6.08. The van der Waals surface area contributed by atoms with E-state index in [-0.39, 0.29) is 5.91 Å². The van der Waals surface area contributed by atoms with E-state index in [0.717, 1.165) is 11.5 Å². The highest BCUT2D eigenvalue weighted by atomic mass is 16.1. The van der Waals surface area contributed by atoms with Gasteiger partial charge in [-0.3, -0.25) is 9.78 Å². The third-order valence-corrected chi connectivity index (χ3v) is 1.41. The Kier molecular flexibility index (Phi) is 7.24. The van der Waals surface area contributed by atoms with Crippen molar-refractivity contribution in [3.05, 3.63) is 30.1 Å². The highest BCUT2D eigenvalue weighted by molar-refractivity contribution is 5.73. The lowest BCUT2D eigenvalue weighted by Crippen LogP contribution is -2.11. The van der Waals surface area contributed by atoms with Gasteiger partial charge in [0.05, 0.1) is 0 Å². The summed E-state index contributed by atoms with van der Waals surface area (Å²) in [5, 5.41) is 0. The molecular formula is C12H20N2O. The first-order chi connectivity index (χ1) is 7.02. The van der Waals surface area contributed by atoms with Crippen LogP contribution in [-0.2, 0) is 11.2 Å². The Labute approximate surface area is 91.7 Å². The molecule has 84 valence electrons. The van der Waals surface area contributed by atoms with Crippen LogP contribution in [0.25, 0.3) is 0 Å². The number of carbonyl (C=O) groups is 1. The fourth-order valence-corrected chi connectivity index (χ4v) is 0.817. The summed E-state index contributed by atoms with van der Waals surface area (Å²) in [7, 11) is 0. The molecule has 1 rings (SSSR count). The summed E-state index contributed by atoms with van der Waals surface area (Å²) in [6.45, 7) is 6.50. The molecule has 1 heterocycles. The Morgan fingerprint density at radius 1 is 1.33 bits per heavy atom. The number of pyridine rings is 1. The number of amides is 1. The first kappa shape index (κ1) is 13.6. The SMILES string of the molecule is CC(C)C.NC(=O)CCc1ccncc1. The molecule has 0 radical (unpaired) electrons. The van der Waals surface area contributed by atoms with E-state index in [9.17, 15) is 4.79 Å². The summed E-state index contributed by atoms with van der Waals surface area (Å²) >= 11 is 0. The topological polar surface area (TPSA) is 56.0 Å². The minimum absolute atomic E-state index is 0.262. The molecule has 1 aromatic heterocycles. The Bertz CT molecular complexity index is 267. The van der Waals surface area contributed by atoms with Crippen LogP contribution in [0.1, 0.15) is 32.8 Å². The van der Waals surface area contributed by atoms with Gasteiger partial charge in [-0.2, -0.15) is 0 Å². The standard InChI is InChI=1S/C8H10N2O.C4H10/c9-8(11)2-1-7-3-5-10-6-4-7;1-4(2)3/h3-6H,1-2H2,(H2,9,11);4H,1-3H3. The van der Waals surface area contributed by atoms with Gasteiger partial charge in [0.1, 0.15) is 0 Å². The van der Waals surface area contributed by atoms with Crippen LogP contribution in [-0.4, -0.2) is 10.9 Å². The van der Waals surface area contributed by atoms with Crippen molar-refractivity contribution in [2.45, 2.75) is 33.6 Å². The van der Waals surface area contributed by atoms with Crippen molar-refractivity contribution in [1.82, 2.24) is 4.98 Å². The van der Waals surface area contributed by atoms with Gasteiger partial charge in [-0.25, -0.2) is 0 Å². The number of nitrogens with two attached hydrogens (primary N) is 1. The molecule has 3 heteroatoms. The lowest BCUT2D eigenvalue weighted by Gasteiger charge is -1.95. The summed E-state index contributed by atoms with van der Waals surface area (Å²) in [4.78, 5) is 14.2. The summed E-state index contributed by atoms with van der Waals surface area (Å²) in [6.07, 6.45) is 4.52. The number of hydrogen-bond acceptors (Lipinski definition) is 2. The Balaban J connectivity index is 0.000000423. The second-order valence-corrected chi connectivity index (χ2v) is 4.05. The first-order valence-electron chi connectivity index (χ1n) is 5.19. The van der Waals surface area contributed by atoms with Crippen LogP contribution in [0.5, 0.6) is 0 Å². The van der Waals surface area contributed by atoms with E-state index in [4.69, 9.17) is 5.73 Å². The van der Waals surface area contributed by atoms with Gasteiger partial charge >= 0.3 is 0 Å². The zero-order chi connectivity index (χ0) is 11.7. The predicted octanol–water partition coefficient (Wildman–Crippen LogP) is 2.16. The van der Waals surface area contributed by atoms with E-state index < -0.39 is 0 Å². The molecule has 0 atom stereocenters. The van der Waals surface area contributed by atoms with Gasteiger partial charge in [0.2, 0.25) is 5.91 Å². The number of aryl methyl sites for hydroxylation is 1. The van der Waals surface area contributed by atoms with Crippen LogP contribution >= 0.6 is 0 Å². The van der Waals surface area contributed by atoms with E-state index >= 15 is 0 Å². The van der Waals surface area contributed by atoms with Gasteiger partial charge in [-0.1, -0.05) is 20.8 Å². The minimum Gasteiger partial charge on any atom is -0.370 e. The van der Waals surface area contributed by atoms with Crippen molar-refractivity contribution in [2.24, 2.45) is 11.7 Å². The maximum atomic E-state index is 10.4. The van der Waals surface area contributed by atoms with Crippen molar-refractivity contribution >= 4 is 5.91 Å². The number of carbonyl (C=O) groups excluding carboxylic acids is 1. The maximum Gasteiger partial charge on any atom is 0.217 e. The highest BCUT2D eigenvalue weighted by Crippen LogP contribution is 1.99. The van der Waals surface area contributed by atoms with E-state index in [0.29, 0.717) is 12.8 Å². The average Bonchev–Trinajstić information content (AvgIpc) is 2.15. The van der Waals surface area contributed by atoms with Gasteiger partial charge in [0, 0.05) is 18.8 Å². The van der Waals surface area contributed by atoms with Gasteiger partial charge < -0.3 is 5.73 Å². The van der Waals surface area contributed by atoms with E-state index in [1.807, 2.05) is 12.1 Å². The first-order valence-corrected chi connectivity index (χ1v) is 5.19. The predicted molar refractivity (Wildman–Crippen MR) is 62.3 cm³/mol. The normalized spacial score (nSPS) is 9.33. The molecule has 0 aliphatic carbocycles. The fraction of sp³-hybridized carbons (Fsp3) is 0.500. The van der Waals surface area contributed by atoms with Crippen molar-refractivity contribution in [1.29, 1.82) is 0 Å². The van der Waals surface area contributed by atoms with Gasteiger partial charge in [0.15, 0.2) is 0 Å². The van der Waals surface area contributed by atoms with Gasteiger partial charge in [0.25, 0.3) is 0 Å². The third-order valence-electron chi connectivity index (χ3n) is 1.41. The average molecular weight is 208 g/mol. The highest BCUT2D eigenvalue weighted by Gasteiger charge is 1.95. The van der Waals surface area contributed by atoms with Crippen molar-refractivity contribution in [3.8, 4) is 0 Å². The number of rotatable bonds is 3. The van der Waals surface area contributed by atoms with Crippen molar-refractivity contribution < 1.29 is 4.79 Å². The quantitative estimate of drug-likeness (QED) is 0.827. The molecule has 0 aromatic carbocycles. The molecule has 15 heavy (non-hydrogen) atoms. The minimum atomic E-state index is -0.262. The van der Waals surface area contributed by atoms with E-state index in [2.05, 4.69) is 25.8 Å². The Morgan fingerprint density at radius 2 is 1.80 bits per heavy atom. The van der Waals surface area contributed by atoms with Crippen LogP contribution in [0.2, 0.25) is 0 Å². The Hall–Kier alpha value is -1.38. The Morgan fingerprint density at radius 3 is 2.20 bits per heavy atom. The largest absolute Gasteiger partial charge is 0.370 e. The molecule has 2 N–H and O–H groups in total. The van der Waals surface area contributed by atoms with E-state index in [1.54, 1.807) is 12.4 Å². The molecule has 0 spiro atoms. The number of primary amides is 1. The third kappa shape index (κ3) is 10.5. The van der Waals surface area contributed by atoms with Crippen LogP contribution < -0.4 is 5.73 Å². The van der Waals surface area contributed by atoms with E-state index in [1.165, 1.54) is 0 Å². The summed E-state index contributed by atoms with van der Waals surface area (Å²) in [5.74, 6) is 0.571. The molecule has 0 aliphatic heterocycles. The van der Waals surface area contributed by atoms with Crippen LogP contribution in [0.3, 0.4) is 0 Å². The molecule has 0 bridgehead atoms. The molecule has 1 aromatic rings. The van der Waals surface area contributed by atoms with Crippen LogP contribution in [0.15, 0.2) is 24.5 Å². The maximum absolute atomic E-state index is 10.4. The molecule has 0 saturated heterocycles. The van der Waals surface area contributed by atoms with Crippen molar-refractivity contribution in [3.63, 3.8) is 0 Å². The zero-order valence-electron chi connectivity index (χ0n) is 9.73. The molecule has 0 aliphatic rings. The van der Waals surface area contributed by atoms with Crippen molar-refractivity contribution in [2.75, 3.05) is 0 Å². The van der Waals surface area contributed by atoms with Crippen LogP contribution in [0, 0.1) is 5.92 Å². The molecule has 1 amide bonds. The zero-order valence-corrected chi connectivity index (χ0v) is 9.73. The van der Waals surface area contributed by atoms with Crippen LogP contribution in [0.4, 0.5) is 0 Å². The monoisotopic (exact) mass is 208 g/mol. The number of aromatic nitrogens is 1. The second-order valence-electron chi connectivity index (χ2n) is 4.05. The van der Waals surface area contributed by atoms with Gasteiger partial charge in [-0.15, -0.1) is 0 Å². The molecule has 3 nitrogen and oxygen atoms in total.